The number of carbonyl (C=O) groups is 1. The van der Waals surface area contributed by atoms with Gasteiger partial charge in [0.05, 0.1) is 55.9 Å². The number of fused-ring (bicyclic) bond motifs is 1. The summed E-state index contributed by atoms with van der Waals surface area (Å²) >= 11 is 0. The molecule has 4 saturated heterocycles. The minimum atomic E-state index is -1.92. The molecule has 23 unspecified atom stereocenters. The molecule has 0 radical (unpaired) electrons. The van der Waals surface area contributed by atoms with E-state index in [0.717, 1.165) is 0 Å². The van der Waals surface area contributed by atoms with E-state index in [2.05, 4.69) is 0 Å². The van der Waals surface area contributed by atoms with Gasteiger partial charge >= 0.3 is 5.97 Å². The zero-order chi connectivity index (χ0) is 46.9. The number of nitrogens with zero attached hydrogens (tertiary/aromatic N) is 1. The fourth-order valence-corrected chi connectivity index (χ4v) is 10.3. The minimum absolute atomic E-state index is 0.0488. The number of esters is 1. The van der Waals surface area contributed by atoms with Crippen molar-refractivity contribution in [1.82, 2.24) is 5.23 Å². The smallest absolute Gasteiger partial charge is 0.330 e. The average molecular weight is 941 g/mol. The van der Waals surface area contributed by atoms with Crippen LogP contribution in [-0.2, 0) is 42.7 Å². The number of aliphatic hydroxyl groups is 12. The van der Waals surface area contributed by atoms with Gasteiger partial charge < -0.3 is 110 Å². The molecule has 3 saturated carbocycles. The Morgan fingerprint density at radius 1 is 0.631 bits per heavy atom. The predicted molar refractivity (Wildman–Crippen MR) is 211 cm³/mol. The van der Waals surface area contributed by atoms with E-state index in [1.165, 1.54) is 6.08 Å². The first kappa shape index (κ1) is 51.2. The molecule has 0 amide bonds. The van der Waals surface area contributed by atoms with E-state index in [4.69, 9.17) is 43.1 Å². The number of allylic oxidation sites excluding steroid dienone is 1. The lowest BCUT2D eigenvalue weighted by molar-refractivity contribution is -0.376. The largest absolute Gasteiger partial charge is 0.762 e. The summed E-state index contributed by atoms with van der Waals surface area (Å²) in [5.41, 5.74) is 0. The molecule has 23 atom stereocenters. The summed E-state index contributed by atoms with van der Waals surface area (Å²) in [6.07, 6.45) is -24.5. The quantitative estimate of drug-likeness (QED) is 0.0468. The Balaban J connectivity index is 1.04. The van der Waals surface area contributed by atoms with Crippen molar-refractivity contribution < 1.29 is 109 Å². The lowest BCUT2D eigenvalue weighted by Gasteiger charge is -2.51. The Bertz CT molecular complexity index is 1540. The van der Waals surface area contributed by atoms with Gasteiger partial charge in [-0.05, 0) is 76.0 Å². The van der Waals surface area contributed by atoms with Crippen molar-refractivity contribution in [1.29, 1.82) is 0 Å². The maximum absolute atomic E-state index is 12.6. The summed E-state index contributed by atoms with van der Waals surface area (Å²) in [6.45, 7) is -1.75. The molecule has 4 heterocycles. The van der Waals surface area contributed by atoms with E-state index < -0.39 is 172 Å². The van der Waals surface area contributed by atoms with E-state index >= 15 is 0 Å². The zero-order valence-electron chi connectivity index (χ0n) is 35.6. The van der Waals surface area contributed by atoms with Crippen LogP contribution in [0.1, 0.15) is 64.2 Å². The second-order valence-corrected chi connectivity index (χ2v) is 18.7. The predicted octanol–water partition coefficient (Wildman–Crippen LogP) is -4.87. The molecule has 3 aliphatic carbocycles. The molecule has 0 aromatic heterocycles. The van der Waals surface area contributed by atoms with Crippen molar-refractivity contribution in [2.24, 2.45) is 17.8 Å². The Kier molecular flexibility index (Phi) is 17.6. The summed E-state index contributed by atoms with van der Waals surface area (Å²) in [5, 5.41) is 149. The summed E-state index contributed by atoms with van der Waals surface area (Å²) in [6, 6.07) is -0.516. The SMILES string of the molecule is O=C(C=CC1CCC(N([O-])O)CC1)OCC1OC(OCC2OC(OC3CC4C(O)CC(O)CC4OC3C3CCC(O)C(O)C3)C(OC3OCC(O)C(O)C3O)C(O)C2O)C(O)C(O)C1O. The number of carbonyl (C=O) groups excluding carboxylic acids is 1. The van der Waals surface area contributed by atoms with Crippen LogP contribution in [0.25, 0.3) is 0 Å². The molecule has 374 valence electrons. The highest BCUT2D eigenvalue weighted by Gasteiger charge is 2.55. The third kappa shape index (κ3) is 12.0. The normalized spacial score (nSPS) is 50.0. The second kappa shape index (κ2) is 22.4. The van der Waals surface area contributed by atoms with E-state index in [9.17, 15) is 71.3 Å². The van der Waals surface area contributed by atoms with E-state index in [0.29, 0.717) is 32.1 Å². The molecule has 7 aliphatic rings. The van der Waals surface area contributed by atoms with Crippen molar-refractivity contribution in [3.05, 3.63) is 17.4 Å². The van der Waals surface area contributed by atoms with E-state index in [-0.39, 0.29) is 43.2 Å². The lowest BCUT2D eigenvalue weighted by Crippen LogP contribution is -2.65. The van der Waals surface area contributed by atoms with Gasteiger partial charge in [-0.15, -0.1) is 0 Å². The van der Waals surface area contributed by atoms with Crippen LogP contribution in [0.4, 0.5) is 0 Å². The zero-order valence-corrected chi connectivity index (χ0v) is 35.6. The molecular formula is C41H66NO23-. The molecule has 0 spiro atoms. The van der Waals surface area contributed by atoms with Crippen molar-refractivity contribution >= 4 is 5.97 Å². The molecule has 65 heavy (non-hydrogen) atoms. The van der Waals surface area contributed by atoms with Gasteiger partial charge in [-0.2, -0.15) is 0 Å². The maximum atomic E-state index is 12.6. The molecule has 7 fully saturated rings. The monoisotopic (exact) mass is 940 g/mol. The lowest BCUT2D eigenvalue weighted by atomic mass is 9.72. The third-order valence-electron chi connectivity index (χ3n) is 14.2. The van der Waals surface area contributed by atoms with Crippen molar-refractivity contribution in [2.75, 3.05) is 19.8 Å². The number of hydroxylamine groups is 2. The van der Waals surface area contributed by atoms with Gasteiger partial charge in [0.2, 0.25) is 0 Å². The van der Waals surface area contributed by atoms with Gasteiger partial charge in [0.15, 0.2) is 18.9 Å². The van der Waals surface area contributed by atoms with Crippen LogP contribution in [0.15, 0.2) is 12.2 Å². The molecule has 13 N–H and O–H groups in total. The van der Waals surface area contributed by atoms with Crippen molar-refractivity contribution in [2.45, 2.75) is 199 Å². The second-order valence-electron chi connectivity index (χ2n) is 18.7. The summed E-state index contributed by atoms with van der Waals surface area (Å²) < 4.78 is 47.4. The minimum Gasteiger partial charge on any atom is -0.762 e. The molecular weight excluding hydrogens is 874 g/mol. The average Bonchev–Trinajstić information content (AvgIpc) is 3.28. The van der Waals surface area contributed by atoms with E-state index in [1.54, 1.807) is 6.08 Å². The highest BCUT2D eigenvalue weighted by atomic mass is 16.8. The summed E-state index contributed by atoms with van der Waals surface area (Å²) in [7, 11) is 0. The Hall–Kier alpha value is -1.67. The van der Waals surface area contributed by atoms with Crippen LogP contribution in [0.5, 0.6) is 0 Å². The Labute approximate surface area is 373 Å². The van der Waals surface area contributed by atoms with Crippen LogP contribution >= 0.6 is 0 Å². The van der Waals surface area contributed by atoms with Gasteiger partial charge in [0, 0.05) is 18.0 Å². The van der Waals surface area contributed by atoms with Gasteiger partial charge in [0.1, 0.15) is 73.8 Å². The third-order valence-corrected chi connectivity index (χ3v) is 14.2. The molecule has 4 aliphatic heterocycles. The van der Waals surface area contributed by atoms with Gasteiger partial charge in [0.25, 0.3) is 0 Å². The van der Waals surface area contributed by atoms with Gasteiger partial charge in [-0.25, -0.2) is 4.79 Å². The number of rotatable bonds is 13. The molecule has 0 aromatic rings. The van der Waals surface area contributed by atoms with Crippen LogP contribution in [-0.4, -0.2) is 232 Å². The van der Waals surface area contributed by atoms with Crippen molar-refractivity contribution in [3.63, 3.8) is 0 Å². The summed E-state index contributed by atoms with van der Waals surface area (Å²) in [4.78, 5) is 12.6. The summed E-state index contributed by atoms with van der Waals surface area (Å²) in [5.74, 6) is -1.81. The van der Waals surface area contributed by atoms with Crippen LogP contribution in [0.3, 0.4) is 0 Å². The highest BCUT2D eigenvalue weighted by molar-refractivity contribution is 5.81. The van der Waals surface area contributed by atoms with Crippen molar-refractivity contribution in [3.8, 4) is 0 Å². The standard InChI is InChI=1S/C41H66NO23/c43-19-10-22(45)20-12-26(37(61-25(20)11-19)17-4-7-21(44)23(46)9-17)62-41-38(65-40-35(54)30(49)24(47)13-59-40)34(53)32(51)28(64-41)15-60-39-36(55)33(52)31(50)27(63-39)14-58-29(48)8-3-16-1-5-18(6-2-16)42(56)57/h3,8,16-28,30-41,43-47,49-56H,1-2,4-7,9-15H2/q-1. The fraction of sp³-hybridized carbons (Fsp3) is 0.927. The highest BCUT2D eigenvalue weighted by Crippen LogP contribution is 2.44. The maximum Gasteiger partial charge on any atom is 0.330 e. The first-order valence-corrected chi connectivity index (χ1v) is 22.6. The first-order valence-electron chi connectivity index (χ1n) is 22.6. The van der Waals surface area contributed by atoms with Gasteiger partial charge in [-0.1, -0.05) is 6.08 Å². The molecule has 24 heteroatoms. The Morgan fingerprint density at radius 2 is 1.31 bits per heavy atom. The first-order chi connectivity index (χ1) is 30.9. The van der Waals surface area contributed by atoms with Gasteiger partial charge in [-0.3, -0.25) is 5.23 Å². The fourth-order valence-electron chi connectivity index (χ4n) is 10.3. The molecule has 0 bridgehead atoms. The molecule has 7 rings (SSSR count). The Morgan fingerprint density at radius 3 is 2.02 bits per heavy atom. The number of aliphatic hydroxyl groups excluding tert-OH is 12. The molecule has 24 nitrogen and oxygen atoms in total. The van der Waals surface area contributed by atoms with Crippen LogP contribution in [0, 0.1) is 23.0 Å². The van der Waals surface area contributed by atoms with Crippen LogP contribution < -0.4 is 0 Å². The number of ether oxygens (including phenoxy) is 8. The number of hydrogen-bond donors (Lipinski definition) is 13. The van der Waals surface area contributed by atoms with Crippen LogP contribution in [0.2, 0.25) is 0 Å². The number of hydrogen-bond acceptors (Lipinski definition) is 24. The van der Waals surface area contributed by atoms with E-state index in [1.807, 2.05) is 0 Å². The molecule has 0 aromatic carbocycles. The topological polar surface area (TPSA) is 380 Å².